The predicted molar refractivity (Wildman–Crippen MR) is 80.9 cm³/mol. The fraction of sp³-hybridized carbons (Fsp3) is 0. The summed E-state index contributed by atoms with van der Waals surface area (Å²) >= 11 is 0. The normalized spacial score (nSPS) is 8.73. The van der Waals surface area contributed by atoms with E-state index < -0.39 is 11.1 Å². The number of carbonyl (C=O) groups is 2. The molecule has 2 aromatic rings. The van der Waals surface area contributed by atoms with E-state index in [0.717, 1.165) is 0 Å². The van der Waals surface area contributed by atoms with Crippen molar-refractivity contribution in [3.05, 3.63) is 75.8 Å². The van der Waals surface area contributed by atoms with Crippen molar-refractivity contribution < 1.29 is 24.7 Å². The van der Waals surface area contributed by atoms with E-state index in [4.69, 9.17) is 15.0 Å². The number of non-ortho nitro benzene ring substituents is 1. The van der Waals surface area contributed by atoms with Crippen LogP contribution >= 0.6 is 12.4 Å². The molecule has 0 saturated carbocycles. The second-order valence-corrected chi connectivity index (χ2v) is 3.78. The summed E-state index contributed by atoms with van der Waals surface area (Å²) in [5.41, 5.74) is 0.998. The maximum atomic E-state index is 12.0. The summed E-state index contributed by atoms with van der Waals surface area (Å²) in [7, 11) is 0. The number of carboxylic acid groups (broad SMARTS) is 2. The Morgan fingerprint density at radius 3 is 1.68 bits per heavy atom. The Balaban J connectivity index is 0.000000791. The molecule has 7 nitrogen and oxygen atoms in total. The maximum Gasteiger partial charge on any atom is 0.503 e. The van der Waals surface area contributed by atoms with Crippen LogP contribution in [0.4, 0.5) is 10.5 Å². The summed E-state index contributed by atoms with van der Waals surface area (Å²) in [5.74, 6) is -0.138. The number of halogens is 1. The van der Waals surface area contributed by atoms with Crippen molar-refractivity contribution in [1.29, 1.82) is 0 Å². The molecule has 0 radical (unpaired) electrons. The Hall–Kier alpha value is -2.93. The third-order valence-electron chi connectivity index (χ3n) is 2.38. The molecule has 8 heteroatoms. The topological polar surface area (TPSA) is 118 Å². The Labute approximate surface area is 131 Å². The number of rotatable bonds is 3. The first-order valence-electron chi connectivity index (χ1n) is 5.68. The Morgan fingerprint density at radius 1 is 0.864 bits per heavy atom. The van der Waals surface area contributed by atoms with E-state index in [1.807, 2.05) is 6.07 Å². The highest BCUT2D eigenvalue weighted by Crippen LogP contribution is 2.15. The number of nitrogens with zero attached hydrogens (tertiary/aromatic N) is 1. The first kappa shape index (κ1) is 19.1. The van der Waals surface area contributed by atoms with Gasteiger partial charge in [-0.05, 0) is 12.1 Å². The van der Waals surface area contributed by atoms with Crippen molar-refractivity contribution in [3.8, 4) is 0 Å². The lowest BCUT2D eigenvalue weighted by Crippen LogP contribution is -2.00. The summed E-state index contributed by atoms with van der Waals surface area (Å²) in [6.45, 7) is 0. The van der Waals surface area contributed by atoms with Gasteiger partial charge >= 0.3 is 6.16 Å². The molecule has 0 aromatic heterocycles. The van der Waals surface area contributed by atoms with Gasteiger partial charge in [0.25, 0.3) is 5.69 Å². The molecular formula is C14H12ClNO6. The van der Waals surface area contributed by atoms with Crippen LogP contribution in [-0.2, 0) is 0 Å². The van der Waals surface area contributed by atoms with Crippen LogP contribution in [0.3, 0.4) is 0 Å². The fourth-order valence-corrected chi connectivity index (χ4v) is 1.49. The number of nitro benzene ring substituents is 1. The zero-order valence-corrected chi connectivity index (χ0v) is 11.9. The molecule has 2 N–H and O–H groups in total. The molecule has 0 aliphatic carbocycles. The van der Waals surface area contributed by atoms with E-state index in [-0.39, 0.29) is 23.9 Å². The van der Waals surface area contributed by atoms with Crippen LogP contribution in [0.25, 0.3) is 0 Å². The highest BCUT2D eigenvalue weighted by Gasteiger charge is 2.10. The van der Waals surface area contributed by atoms with Crippen molar-refractivity contribution in [2.45, 2.75) is 0 Å². The molecule has 2 aromatic carbocycles. The van der Waals surface area contributed by atoms with Gasteiger partial charge in [0.15, 0.2) is 5.78 Å². The molecule has 0 unspecified atom stereocenters. The van der Waals surface area contributed by atoms with Crippen molar-refractivity contribution >= 4 is 30.0 Å². The van der Waals surface area contributed by atoms with Gasteiger partial charge in [-0.2, -0.15) is 0 Å². The van der Waals surface area contributed by atoms with Gasteiger partial charge < -0.3 is 10.2 Å². The summed E-state index contributed by atoms with van der Waals surface area (Å²) in [4.78, 5) is 30.5. The van der Waals surface area contributed by atoms with Crippen LogP contribution in [0.1, 0.15) is 15.9 Å². The highest BCUT2D eigenvalue weighted by atomic mass is 35.5. The summed E-state index contributed by atoms with van der Waals surface area (Å²) in [6.07, 6.45) is -1.83. The highest BCUT2D eigenvalue weighted by molar-refractivity contribution is 6.09. The van der Waals surface area contributed by atoms with E-state index in [1.54, 1.807) is 24.3 Å². The summed E-state index contributed by atoms with van der Waals surface area (Å²) in [6, 6.07) is 14.4. The minimum absolute atomic E-state index is 0. The van der Waals surface area contributed by atoms with Crippen LogP contribution < -0.4 is 0 Å². The smallest absolute Gasteiger partial charge is 0.450 e. The molecule has 0 spiro atoms. The molecule has 2 rings (SSSR count). The quantitative estimate of drug-likeness (QED) is 0.506. The molecule has 0 atom stereocenters. The molecule has 0 fully saturated rings. The van der Waals surface area contributed by atoms with Gasteiger partial charge in [-0.1, -0.05) is 30.3 Å². The van der Waals surface area contributed by atoms with E-state index in [0.29, 0.717) is 11.1 Å². The molecule has 0 bridgehead atoms. The van der Waals surface area contributed by atoms with E-state index in [1.165, 1.54) is 24.3 Å². The predicted octanol–water partition coefficient (Wildman–Crippen LogP) is 3.47. The standard InChI is InChI=1S/C13H9NO3.CH2O3.ClH/c15-13(10-4-2-1-3-5-10)11-6-8-12(9-7-11)14(16)17;2-1(3)4;/h1-9H;(H2,2,3,4);1H. The van der Waals surface area contributed by atoms with Gasteiger partial charge in [-0.3, -0.25) is 14.9 Å². The zero-order valence-electron chi connectivity index (χ0n) is 11.1. The third-order valence-corrected chi connectivity index (χ3v) is 2.38. The number of nitro groups is 1. The Bertz CT molecular complexity index is 638. The minimum atomic E-state index is -1.83. The number of hydrogen-bond donors (Lipinski definition) is 2. The lowest BCUT2D eigenvalue weighted by Gasteiger charge is -2.00. The van der Waals surface area contributed by atoms with Gasteiger partial charge in [-0.25, -0.2) is 4.79 Å². The van der Waals surface area contributed by atoms with Gasteiger partial charge in [0, 0.05) is 23.3 Å². The first-order valence-corrected chi connectivity index (χ1v) is 5.68. The monoisotopic (exact) mass is 325 g/mol. The SMILES string of the molecule is Cl.O=C(O)O.O=C(c1ccccc1)c1ccc([N+](=O)[O-])cc1. The molecule has 0 heterocycles. The average molecular weight is 326 g/mol. The second-order valence-electron chi connectivity index (χ2n) is 3.78. The fourth-order valence-electron chi connectivity index (χ4n) is 1.49. The first-order chi connectivity index (χ1) is 9.91. The van der Waals surface area contributed by atoms with Crippen LogP contribution in [0.15, 0.2) is 54.6 Å². The molecular weight excluding hydrogens is 314 g/mol. The van der Waals surface area contributed by atoms with Crippen LogP contribution in [0.5, 0.6) is 0 Å². The Morgan fingerprint density at radius 2 is 1.27 bits per heavy atom. The Kier molecular flexibility index (Phi) is 7.88. The van der Waals surface area contributed by atoms with Crippen molar-refractivity contribution in [2.75, 3.05) is 0 Å². The van der Waals surface area contributed by atoms with Gasteiger partial charge in [0.05, 0.1) is 4.92 Å². The average Bonchev–Trinajstić information content (AvgIpc) is 2.47. The number of ketones is 1. The number of carbonyl (C=O) groups excluding carboxylic acids is 1. The molecule has 0 aliphatic heterocycles. The molecule has 0 amide bonds. The minimum Gasteiger partial charge on any atom is -0.450 e. The largest absolute Gasteiger partial charge is 0.503 e. The number of hydrogen-bond acceptors (Lipinski definition) is 4. The van der Waals surface area contributed by atoms with E-state index in [2.05, 4.69) is 0 Å². The van der Waals surface area contributed by atoms with Crippen molar-refractivity contribution in [3.63, 3.8) is 0 Å². The van der Waals surface area contributed by atoms with E-state index in [9.17, 15) is 14.9 Å². The second kappa shape index (κ2) is 9.09. The summed E-state index contributed by atoms with van der Waals surface area (Å²) in [5, 5.41) is 24.4. The lowest BCUT2D eigenvalue weighted by molar-refractivity contribution is -0.384. The van der Waals surface area contributed by atoms with Gasteiger partial charge in [0.2, 0.25) is 0 Å². The van der Waals surface area contributed by atoms with E-state index >= 15 is 0 Å². The summed E-state index contributed by atoms with van der Waals surface area (Å²) < 4.78 is 0. The maximum absolute atomic E-state index is 12.0. The molecule has 0 saturated heterocycles. The van der Waals surface area contributed by atoms with Crippen LogP contribution in [0.2, 0.25) is 0 Å². The van der Waals surface area contributed by atoms with Gasteiger partial charge in [-0.15, -0.1) is 12.4 Å². The number of benzene rings is 2. The van der Waals surface area contributed by atoms with Crippen molar-refractivity contribution in [1.82, 2.24) is 0 Å². The molecule has 116 valence electrons. The van der Waals surface area contributed by atoms with Crippen LogP contribution in [0, 0.1) is 10.1 Å². The van der Waals surface area contributed by atoms with Crippen LogP contribution in [-0.4, -0.2) is 27.1 Å². The molecule has 22 heavy (non-hydrogen) atoms. The lowest BCUT2D eigenvalue weighted by atomic mass is 10.0. The third kappa shape index (κ3) is 6.02. The molecule has 0 aliphatic rings. The van der Waals surface area contributed by atoms with Gasteiger partial charge in [0.1, 0.15) is 0 Å². The zero-order chi connectivity index (χ0) is 15.8. The van der Waals surface area contributed by atoms with Crippen molar-refractivity contribution in [2.24, 2.45) is 0 Å².